The van der Waals surface area contributed by atoms with E-state index in [1.54, 1.807) is 7.11 Å². The number of benzene rings is 2. The fourth-order valence-corrected chi connectivity index (χ4v) is 3.65. The van der Waals surface area contributed by atoms with E-state index in [2.05, 4.69) is 38.1 Å². The molecule has 0 heterocycles. The Morgan fingerprint density at radius 2 is 1.52 bits per heavy atom. The summed E-state index contributed by atoms with van der Waals surface area (Å²) < 4.78 is 5.22. The van der Waals surface area contributed by atoms with E-state index in [1.165, 1.54) is 5.56 Å². The monoisotopic (exact) mass is 308 g/mol. The van der Waals surface area contributed by atoms with Crippen LogP contribution < -0.4 is 4.74 Å². The number of hydrogen-bond donors (Lipinski definition) is 0. The molecule has 1 aliphatic carbocycles. The highest BCUT2D eigenvalue weighted by molar-refractivity contribution is 5.91. The van der Waals surface area contributed by atoms with Crippen LogP contribution in [0.1, 0.15) is 44.2 Å². The number of hydrogen-bond acceptors (Lipinski definition) is 2. The second-order valence-corrected chi connectivity index (χ2v) is 7.09. The summed E-state index contributed by atoms with van der Waals surface area (Å²) in [6.07, 6.45) is 2.49. The Balaban J connectivity index is 1.86. The summed E-state index contributed by atoms with van der Waals surface area (Å²) in [5, 5.41) is 0. The van der Waals surface area contributed by atoms with Crippen molar-refractivity contribution in [3.63, 3.8) is 0 Å². The Hall–Kier alpha value is -2.09. The number of rotatable bonds is 3. The summed E-state index contributed by atoms with van der Waals surface area (Å²) in [6.45, 7) is 4.30. The molecule has 1 saturated carbocycles. The lowest BCUT2D eigenvalue weighted by molar-refractivity contribution is -0.127. The fourth-order valence-electron chi connectivity index (χ4n) is 3.65. The normalized spacial score (nSPS) is 27.7. The molecule has 23 heavy (non-hydrogen) atoms. The molecule has 1 fully saturated rings. The Bertz CT molecular complexity index is 690. The maximum Gasteiger partial charge on any atom is 0.143 e. The van der Waals surface area contributed by atoms with Crippen molar-refractivity contribution in [3.05, 3.63) is 65.7 Å². The molecule has 0 spiro atoms. The first-order chi connectivity index (χ1) is 11.0. The van der Waals surface area contributed by atoms with E-state index < -0.39 is 0 Å². The van der Waals surface area contributed by atoms with Gasteiger partial charge in [0.2, 0.25) is 0 Å². The summed E-state index contributed by atoms with van der Waals surface area (Å²) in [5.74, 6) is 1.16. The second-order valence-electron chi connectivity index (χ2n) is 7.09. The van der Waals surface area contributed by atoms with E-state index in [-0.39, 0.29) is 10.8 Å². The maximum absolute atomic E-state index is 13.0. The van der Waals surface area contributed by atoms with E-state index in [4.69, 9.17) is 4.74 Å². The van der Waals surface area contributed by atoms with Gasteiger partial charge in [-0.05, 0) is 48.4 Å². The molecule has 1 aliphatic rings. The van der Waals surface area contributed by atoms with Gasteiger partial charge in [-0.25, -0.2) is 0 Å². The van der Waals surface area contributed by atoms with Crippen molar-refractivity contribution in [2.45, 2.75) is 43.9 Å². The maximum atomic E-state index is 13.0. The van der Waals surface area contributed by atoms with Crippen molar-refractivity contribution in [2.75, 3.05) is 7.11 Å². The van der Waals surface area contributed by atoms with Gasteiger partial charge in [-0.2, -0.15) is 0 Å². The van der Waals surface area contributed by atoms with Gasteiger partial charge >= 0.3 is 0 Å². The van der Waals surface area contributed by atoms with Gasteiger partial charge in [0.15, 0.2) is 0 Å². The summed E-state index contributed by atoms with van der Waals surface area (Å²) in [6, 6.07) is 18.4. The molecule has 3 rings (SSSR count). The lowest BCUT2D eigenvalue weighted by Gasteiger charge is -2.42. The Morgan fingerprint density at radius 1 is 0.870 bits per heavy atom. The minimum Gasteiger partial charge on any atom is -0.497 e. The lowest BCUT2D eigenvalue weighted by atomic mass is 9.60. The average Bonchev–Trinajstić information content (AvgIpc) is 2.59. The van der Waals surface area contributed by atoms with Crippen LogP contribution in [0.2, 0.25) is 0 Å². The third kappa shape index (κ3) is 2.78. The first-order valence-corrected chi connectivity index (χ1v) is 8.21. The second kappa shape index (κ2) is 5.84. The highest BCUT2D eigenvalue weighted by Gasteiger charge is 2.45. The summed E-state index contributed by atoms with van der Waals surface area (Å²) >= 11 is 0. The molecular formula is C21H24O2. The van der Waals surface area contributed by atoms with E-state index in [0.29, 0.717) is 12.2 Å². The third-order valence-electron chi connectivity index (χ3n) is 5.54. The van der Waals surface area contributed by atoms with Crippen molar-refractivity contribution in [1.29, 1.82) is 0 Å². The van der Waals surface area contributed by atoms with Gasteiger partial charge in [0.25, 0.3) is 0 Å². The van der Waals surface area contributed by atoms with Gasteiger partial charge in [-0.1, -0.05) is 49.4 Å². The molecule has 0 aromatic heterocycles. The molecule has 2 atom stereocenters. The standard InChI is InChI=1S/C21H24O2/c1-20(16-7-5-4-6-8-16)13-14-21(2,19(22)15-20)17-9-11-18(23-3)12-10-17/h4-12H,13-15H2,1-3H3/t20-,21+/m1/s1. The van der Waals surface area contributed by atoms with Gasteiger partial charge < -0.3 is 4.74 Å². The van der Waals surface area contributed by atoms with Crippen LogP contribution in [0, 0.1) is 0 Å². The largest absolute Gasteiger partial charge is 0.497 e. The molecule has 0 N–H and O–H groups in total. The topological polar surface area (TPSA) is 26.3 Å². The molecular weight excluding hydrogens is 284 g/mol. The fraction of sp³-hybridized carbons (Fsp3) is 0.381. The zero-order chi connectivity index (χ0) is 16.5. The van der Waals surface area contributed by atoms with Gasteiger partial charge in [0.05, 0.1) is 12.5 Å². The quantitative estimate of drug-likeness (QED) is 0.824. The number of ether oxygens (including phenoxy) is 1. The highest BCUT2D eigenvalue weighted by Crippen LogP contribution is 2.46. The molecule has 0 saturated heterocycles. The minimum absolute atomic E-state index is 0.0513. The van der Waals surface area contributed by atoms with Crippen LogP contribution in [0.25, 0.3) is 0 Å². The number of carbonyl (C=O) groups is 1. The van der Waals surface area contributed by atoms with Crippen molar-refractivity contribution in [3.8, 4) is 5.75 Å². The predicted octanol–water partition coefficient (Wildman–Crippen LogP) is 4.66. The average molecular weight is 308 g/mol. The molecule has 2 aromatic rings. The minimum atomic E-state index is -0.388. The smallest absolute Gasteiger partial charge is 0.143 e. The van der Waals surface area contributed by atoms with Crippen LogP contribution in [0.15, 0.2) is 54.6 Å². The highest BCUT2D eigenvalue weighted by atomic mass is 16.5. The number of methoxy groups -OCH3 is 1. The van der Waals surface area contributed by atoms with Gasteiger partial charge in [-0.3, -0.25) is 4.79 Å². The van der Waals surface area contributed by atoms with Crippen LogP contribution in [-0.2, 0) is 15.6 Å². The van der Waals surface area contributed by atoms with E-state index in [9.17, 15) is 4.79 Å². The van der Waals surface area contributed by atoms with Crippen LogP contribution >= 0.6 is 0 Å². The predicted molar refractivity (Wildman–Crippen MR) is 93.0 cm³/mol. The van der Waals surface area contributed by atoms with Crippen molar-refractivity contribution >= 4 is 5.78 Å². The molecule has 120 valence electrons. The zero-order valence-electron chi connectivity index (χ0n) is 14.1. The van der Waals surface area contributed by atoms with Gasteiger partial charge in [-0.15, -0.1) is 0 Å². The summed E-state index contributed by atoms with van der Waals surface area (Å²) in [7, 11) is 1.66. The first kappa shape index (κ1) is 15.8. The molecule has 0 bridgehead atoms. The van der Waals surface area contributed by atoms with Crippen LogP contribution in [0.3, 0.4) is 0 Å². The lowest BCUT2D eigenvalue weighted by Crippen LogP contribution is -2.44. The molecule has 2 aromatic carbocycles. The number of ketones is 1. The van der Waals surface area contributed by atoms with Crippen LogP contribution in [-0.4, -0.2) is 12.9 Å². The van der Waals surface area contributed by atoms with Crippen molar-refractivity contribution < 1.29 is 9.53 Å². The van der Waals surface area contributed by atoms with E-state index in [1.807, 2.05) is 30.3 Å². The molecule has 0 unspecified atom stereocenters. The Morgan fingerprint density at radius 3 is 2.09 bits per heavy atom. The van der Waals surface area contributed by atoms with Crippen LogP contribution in [0.5, 0.6) is 5.75 Å². The van der Waals surface area contributed by atoms with Crippen LogP contribution in [0.4, 0.5) is 0 Å². The number of carbonyl (C=O) groups excluding carboxylic acids is 1. The zero-order valence-corrected chi connectivity index (χ0v) is 14.1. The molecule has 2 nitrogen and oxygen atoms in total. The Labute approximate surface area is 138 Å². The van der Waals surface area contributed by atoms with Crippen molar-refractivity contribution in [2.24, 2.45) is 0 Å². The third-order valence-corrected chi connectivity index (χ3v) is 5.54. The first-order valence-electron chi connectivity index (χ1n) is 8.21. The van der Waals surface area contributed by atoms with Gasteiger partial charge in [0.1, 0.15) is 11.5 Å². The molecule has 2 heteroatoms. The van der Waals surface area contributed by atoms with Crippen molar-refractivity contribution in [1.82, 2.24) is 0 Å². The molecule has 0 aliphatic heterocycles. The SMILES string of the molecule is COc1ccc([C@]2(C)CC[C@@](C)(c3ccccc3)CC2=O)cc1. The molecule has 0 radical (unpaired) electrons. The van der Waals surface area contributed by atoms with Gasteiger partial charge in [0, 0.05) is 6.42 Å². The number of Topliss-reactive ketones (excluding diaryl/α,β-unsaturated/α-hetero) is 1. The van der Waals surface area contributed by atoms with E-state index >= 15 is 0 Å². The van der Waals surface area contributed by atoms with E-state index in [0.717, 1.165) is 24.2 Å². The Kier molecular flexibility index (Phi) is 4.01. The summed E-state index contributed by atoms with van der Waals surface area (Å²) in [5.41, 5.74) is 1.92. The molecule has 0 amide bonds. The summed E-state index contributed by atoms with van der Waals surface area (Å²) in [4.78, 5) is 13.0.